The number of guanidine groups is 1. The van der Waals surface area contributed by atoms with Crippen molar-refractivity contribution in [1.29, 1.82) is 0 Å². The molecular formula is C30H35ClF2N8O. The Morgan fingerprint density at radius 1 is 1.10 bits per heavy atom. The van der Waals surface area contributed by atoms with Crippen molar-refractivity contribution in [2.45, 2.75) is 51.0 Å². The summed E-state index contributed by atoms with van der Waals surface area (Å²) in [6, 6.07) is 12.1. The molecule has 0 spiro atoms. The molecule has 2 fully saturated rings. The quantitative estimate of drug-likeness (QED) is 0.202. The van der Waals surface area contributed by atoms with Crippen molar-refractivity contribution in [3.05, 3.63) is 71.0 Å². The van der Waals surface area contributed by atoms with Crippen molar-refractivity contribution in [2.75, 3.05) is 28.6 Å². The molecule has 2 aromatic carbocycles. The van der Waals surface area contributed by atoms with Gasteiger partial charge in [-0.3, -0.25) is 4.79 Å². The highest BCUT2D eigenvalue weighted by Crippen LogP contribution is 2.33. The average molecular weight is 597 g/mol. The number of piperidine rings is 1. The van der Waals surface area contributed by atoms with Crippen LogP contribution in [-0.2, 0) is 11.2 Å². The van der Waals surface area contributed by atoms with Gasteiger partial charge in [0.25, 0.3) is 0 Å². The topological polar surface area (TPSA) is 135 Å². The first-order chi connectivity index (χ1) is 20.2. The van der Waals surface area contributed by atoms with Crippen LogP contribution in [0.25, 0.3) is 0 Å². The molecule has 1 saturated heterocycles. The summed E-state index contributed by atoms with van der Waals surface area (Å²) in [5.74, 6) is -1.44. The molecule has 2 aliphatic rings. The second-order valence-corrected chi connectivity index (χ2v) is 11.4. The van der Waals surface area contributed by atoms with Gasteiger partial charge in [-0.05, 0) is 69.1 Å². The summed E-state index contributed by atoms with van der Waals surface area (Å²) in [5, 5.41) is 6.28. The van der Waals surface area contributed by atoms with Crippen molar-refractivity contribution in [3.8, 4) is 0 Å². The number of nitrogens with one attached hydrogen (secondary N) is 2. The van der Waals surface area contributed by atoms with E-state index in [9.17, 15) is 13.6 Å². The van der Waals surface area contributed by atoms with E-state index in [1.165, 1.54) is 5.69 Å². The van der Waals surface area contributed by atoms with Crippen LogP contribution in [0.2, 0.25) is 5.02 Å². The maximum atomic E-state index is 14.3. The normalized spacial score (nSPS) is 21.2. The fraction of sp³-hybridized carbons (Fsp3) is 0.400. The highest BCUT2D eigenvalue weighted by Gasteiger charge is 2.27. The van der Waals surface area contributed by atoms with Crippen LogP contribution in [0, 0.1) is 23.5 Å². The van der Waals surface area contributed by atoms with Crippen LogP contribution in [0.4, 0.5) is 31.8 Å². The Kier molecular flexibility index (Phi) is 9.36. The number of nitrogens with zero attached hydrogens (tertiary/aromatic N) is 4. The van der Waals surface area contributed by atoms with Gasteiger partial charge in [0.2, 0.25) is 11.9 Å². The van der Waals surface area contributed by atoms with Gasteiger partial charge >= 0.3 is 0 Å². The summed E-state index contributed by atoms with van der Waals surface area (Å²) in [7, 11) is 0. The summed E-state index contributed by atoms with van der Waals surface area (Å²) in [5.41, 5.74) is 13.8. The molecule has 42 heavy (non-hydrogen) atoms. The number of carbonyl (C=O) groups excluding carboxylic acids is 1. The van der Waals surface area contributed by atoms with Gasteiger partial charge in [-0.25, -0.2) is 23.7 Å². The summed E-state index contributed by atoms with van der Waals surface area (Å²) < 4.78 is 27.8. The van der Waals surface area contributed by atoms with Crippen LogP contribution in [0.15, 0.2) is 53.7 Å². The lowest BCUT2D eigenvalue weighted by molar-refractivity contribution is -0.122. The molecule has 1 aliphatic carbocycles. The Labute approximate surface area is 248 Å². The molecule has 2 heterocycles. The SMILES string of the molecule is NC(=O)C1CCC(Cc2nc(N[C@@H]3CCCN(c4ccccc4)C3)ncc2NC(N)=Nc2c(F)cc(F)cc2Cl)CC1. The van der Waals surface area contributed by atoms with E-state index in [4.69, 9.17) is 28.1 Å². The number of aliphatic imine (C=N–C) groups is 1. The van der Waals surface area contributed by atoms with E-state index in [0.29, 0.717) is 24.1 Å². The molecule has 0 radical (unpaired) electrons. The maximum Gasteiger partial charge on any atom is 0.223 e. The molecule has 6 N–H and O–H groups in total. The van der Waals surface area contributed by atoms with E-state index in [1.54, 1.807) is 6.20 Å². The van der Waals surface area contributed by atoms with E-state index < -0.39 is 11.6 Å². The third kappa shape index (κ3) is 7.44. The predicted molar refractivity (Wildman–Crippen MR) is 162 cm³/mol. The van der Waals surface area contributed by atoms with Crippen LogP contribution in [0.1, 0.15) is 44.2 Å². The number of rotatable bonds is 8. The van der Waals surface area contributed by atoms with E-state index in [-0.39, 0.29) is 40.5 Å². The standard InChI is InChI=1S/C30H35ClF2N8O/c31-23-14-20(32)15-24(33)27(23)40-29(35)38-26-16-36-30(39-25(26)13-18-8-10-19(11-9-18)28(34)42)37-21-5-4-12-41(17-21)22-6-2-1-3-7-22/h1-3,6-7,14-16,18-19,21H,4-5,8-13,17H2,(H2,34,42)(H3,35,38,40)(H,36,37,39)/t18?,19?,21-/m1/s1. The van der Waals surface area contributed by atoms with Crippen LogP contribution in [-0.4, -0.2) is 41.0 Å². The highest BCUT2D eigenvalue weighted by molar-refractivity contribution is 6.33. The van der Waals surface area contributed by atoms with Gasteiger partial charge in [0.05, 0.1) is 22.6 Å². The summed E-state index contributed by atoms with van der Waals surface area (Å²) >= 11 is 6.00. The molecule has 1 amide bonds. The molecule has 1 aromatic heterocycles. The van der Waals surface area contributed by atoms with Crippen molar-refractivity contribution < 1.29 is 13.6 Å². The lowest BCUT2D eigenvalue weighted by Gasteiger charge is -2.35. The van der Waals surface area contributed by atoms with Gasteiger partial charge in [0, 0.05) is 36.8 Å². The lowest BCUT2D eigenvalue weighted by Crippen LogP contribution is -2.42. The van der Waals surface area contributed by atoms with Crippen molar-refractivity contribution in [2.24, 2.45) is 28.3 Å². The van der Waals surface area contributed by atoms with Gasteiger partial charge in [-0.15, -0.1) is 0 Å². The molecule has 3 aromatic rings. The van der Waals surface area contributed by atoms with E-state index in [2.05, 4.69) is 37.6 Å². The summed E-state index contributed by atoms with van der Waals surface area (Å²) in [6.07, 6.45) is 7.43. The third-order valence-corrected chi connectivity index (χ3v) is 8.24. The number of carbonyl (C=O) groups is 1. The van der Waals surface area contributed by atoms with Crippen molar-refractivity contribution in [3.63, 3.8) is 0 Å². The number of amides is 1. The molecule has 222 valence electrons. The molecule has 1 aliphatic heterocycles. The molecule has 0 unspecified atom stereocenters. The summed E-state index contributed by atoms with van der Waals surface area (Å²) in [6.45, 7) is 1.81. The first-order valence-corrected chi connectivity index (χ1v) is 14.6. The Balaban J connectivity index is 1.35. The van der Waals surface area contributed by atoms with Gasteiger partial charge in [0.15, 0.2) is 11.8 Å². The second-order valence-electron chi connectivity index (χ2n) is 11.0. The fourth-order valence-corrected chi connectivity index (χ4v) is 5.99. The Morgan fingerprint density at radius 2 is 1.86 bits per heavy atom. The van der Waals surface area contributed by atoms with Crippen LogP contribution in [0.5, 0.6) is 0 Å². The first-order valence-electron chi connectivity index (χ1n) is 14.2. The minimum absolute atomic E-state index is 0.0986. The number of nitrogens with two attached hydrogens (primary N) is 2. The minimum Gasteiger partial charge on any atom is -0.369 e. The minimum atomic E-state index is -0.927. The Morgan fingerprint density at radius 3 is 2.57 bits per heavy atom. The largest absolute Gasteiger partial charge is 0.369 e. The fourth-order valence-electron chi connectivity index (χ4n) is 5.75. The predicted octanol–water partition coefficient (Wildman–Crippen LogP) is 5.38. The number of halogens is 3. The van der Waals surface area contributed by atoms with Gasteiger partial charge < -0.3 is 27.0 Å². The molecule has 5 rings (SSSR count). The average Bonchev–Trinajstić information content (AvgIpc) is 2.97. The number of hydrogen-bond acceptors (Lipinski definition) is 6. The number of primary amides is 1. The van der Waals surface area contributed by atoms with Crippen molar-refractivity contribution in [1.82, 2.24) is 9.97 Å². The van der Waals surface area contributed by atoms with Crippen LogP contribution < -0.4 is 27.0 Å². The number of hydrogen-bond donors (Lipinski definition) is 4. The summed E-state index contributed by atoms with van der Waals surface area (Å²) in [4.78, 5) is 27.5. The number of para-hydroxylation sites is 1. The highest BCUT2D eigenvalue weighted by atomic mass is 35.5. The zero-order valence-corrected chi connectivity index (χ0v) is 24.0. The molecular weight excluding hydrogens is 562 g/mol. The lowest BCUT2D eigenvalue weighted by atomic mass is 9.79. The zero-order chi connectivity index (χ0) is 29.6. The van der Waals surface area contributed by atoms with E-state index >= 15 is 0 Å². The number of aromatic nitrogens is 2. The third-order valence-electron chi connectivity index (χ3n) is 7.95. The second kappa shape index (κ2) is 13.3. The Bertz CT molecular complexity index is 1410. The van der Waals surface area contributed by atoms with E-state index in [0.717, 1.165) is 63.4 Å². The maximum absolute atomic E-state index is 14.3. The molecule has 12 heteroatoms. The van der Waals surface area contributed by atoms with Crippen molar-refractivity contribution >= 4 is 46.5 Å². The monoisotopic (exact) mass is 596 g/mol. The molecule has 1 atom stereocenters. The molecule has 0 bridgehead atoms. The van der Waals surface area contributed by atoms with Crippen LogP contribution in [0.3, 0.4) is 0 Å². The number of benzene rings is 2. The number of anilines is 3. The van der Waals surface area contributed by atoms with Gasteiger partial charge in [-0.2, -0.15) is 0 Å². The first kappa shape index (κ1) is 29.5. The Hall–Kier alpha value is -3.99. The molecule has 1 saturated carbocycles. The molecule has 9 nitrogen and oxygen atoms in total. The van der Waals surface area contributed by atoms with E-state index in [1.807, 2.05) is 18.2 Å². The van der Waals surface area contributed by atoms with Gasteiger partial charge in [-0.1, -0.05) is 29.8 Å². The smallest absolute Gasteiger partial charge is 0.223 e. The van der Waals surface area contributed by atoms with Crippen LogP contribution >= 0.6 is 11.6 Å². The van der Waals surface area contributed by atoms with Gasteiger partial charge in [0.1, 0.15) is 11.5 Å². The zero-order valence-electron chi connectivity index (χ0n) is 23.2.